The molecule has 0 radical (unpaired) electrons. The van der Waals surface area contributed by atoms with Crippen LogP contribution in [0.3, 0.4) is 0 Å². The fourth-order valence-electron chi connectivity index (χ4n) is 6.96. The van der Waals surface area contributed by atoms with E-state index in [2.05, 4.69) is 38.5 Å². The zero-order valence-corrected chi connectivity index (χ0v) is 33.5. The van der Waals surface area contributed by atoms with E-state index in [0.29, 0.717) is 51.2 Å². The summed E-state index contributed by atoms with van der Waals surface area (Å²) >= 11 is 7.45. The van der Waals surface area contributed by atoms with Gasteiger partial charge in [-0.05, 0) is 62.1 Å². The lowest BCUT2D eigenvalue weighted by Gasteiger charge is -2.30. The molecule has 3 N–H and O–H groups in total. The van der Waals surface area contributed by atoms with Crippen LogP contribution in [0.5, 0.6) is 11.6 Å². The lowest BCUT2D eigenvalue weighted by Crippen LogP contribution is -2.57. The summed E-state index contributed by atoms with van der Waals surface area (Å²) in [6.07, 6.45) is -1.48. The van der Waals surface area contributed by atoms with Gasteiger partial charge in [0.25, 0.3) is 5.91 Å². The van der Waals surface area contributed by atoms with Crippen molar-refractivity contribution in [2.45, 2.75) is 67.8 Å². The summed E-state index contributed by atoms with van der Waals surface area (Å²) in [5.41, 5.74) is -1.27. The van der Waals surface area contributed by atoms with Gasteiger partial charge in [-0.2, -0.15) is 13.2 Å². The van der Waals surface area contributed by atoms with Crippen molar-refractivity contribution in [3.05, 3.63) is 89.4 Å². The number of thiazole rings is 1. The first-order valence-electron chi connectivity index (χ1n) is 18.1. The predicted octanol–water partition coefficient (Wildman–Crippen LogP) is 6.11. The van der Waals surface area contributed by atoms with Crippen molar-refractivity contribution >= 4 is 66.6 Å². The van der Waals surface area contributed by atoms with Gasteiger partial charge in [-0.25, -0.2) is 18.4 Å². The third kappa shape index (κ3) is 8.22. The number of benzene rings is 2. The molecule has 3 amide bonds. The molecule has 13 nitrogen and oxygen atoms in total. The minimum atomic E-state index is -4.50. The number of aromatic nitrogens is 2. The molecule has 306 valence electrons. The second kappa shape index (κ2) is 15.5. The van der Waals surface area contributed by atoms with Gasteiger partial charge in [-0.3, -0.25) is 19.1 Å². The number of carbonyl (C=O) groups is 3. The number of nitrogens with one attached hydrogen (secondary N) is 3. The number of methoxy groups -OCH3 is 1. The van der Waals surface area contributed by atoms with Gasteiger partial charge >= 0.3 is 6.18 Å². The topological polar surface area (TPSA) is 169 Å². The Morgan fingerprint density at radius 3 is 2.48 bits per heavy atom. The summed E-state index contributed by atoms with van der Waals surface area (Å²) < 4.78 is 78.9. The second-order valence-corrected chi connectivity index (χ2v) is 17.8. The van der Waals surface area contributed by atoms with Crippen molar-refractivity contribution in [2.24, 2.45) is 5.92 Å². The van der Waals surface area contributed by atoms with Gasteiger partial charge in [-0.15, -0.1) is 17.9 Å². The van der Waals surface area contributed by atoms with E-state index >= 15 is 0 Å². The van der Waals surface area contributed by atoms with Crippen LogP contribution in [0.15, 0.2) is 78.8 Å². The quantitative estimate of drug-likeness (QED) is 0.126. The molecule has 3 aliphatic rings. The highest BCUT2D eigenvalue weighted by molar-refractivity contribution is 7.91. The molecule has 4 aromatic rings. The Morgan fingerprint density at radius 1 is 1.14 bits per heavy atom. The van der Waals surface area contributed by atoms with Crippen LogP contribution in [-0.2, 0) is 30.6 Å². The van der Waals surface area contributed by atoms with Crippen LogP contribution in [0.1, 0.15) is 38.2 Å². The fraction of sp³-hybridized carbons (Fsp3) is 0.359. The Morgan fingerprint density at radius 2 is 1.86 bits per heavy atom. The number of likely N-dealkylation sites (tertiary alicyclic amines) is 1. The number of pyridine rings is 1. The molecule has 0 spiro atoms. The van der Waals surface area contributed by atoms with Crippen LogP contribution in [0, 0.1) is 5.92 Å². The maximum Gasteiger partial charge on any atom is 0.416 e. The number of fused-ring (bicyclic) bond motifs is 1. The van der Waals surface area contributed by atoms with E-state index in [9.17, 15) is 36.0 Å². The number of anilines is 1. The lowest BCUT2D eigenvalue weighted by molar-refractivity contribution is -0.139. The number of amides is 3. The second-order valence-electron chi connectivity index (χ2n) is 14.5. The largest absolute Gasteiger partial charge is 0.494 e. The molecule has 5 atom stereocenters. The van der Waals surface area contributed by atoms with Crippen LogP contribution in [0.25, 0.3) is 22.0 Å². The van der Waals surface area contributed by atoms with Crippen LogP contribution in [0.2, 0.25) is 5.02 Å². The van der Waals surface area contributed by atoms with Crippen molar-refractivity contribution < 1.29 is 45.4 Å². The number of sulfonamides is 1. The molecule has 1 saturated heterocycles. The van der Waals surface area contributed by atoms with Crippen LogP contribution < -0.4 is 24.8 Å². The van der Waals surface area contributed by atoms with E-state index in [1.165, 1.54) is 36.4 Å². The number of nitrogens with zero attached hydrogens (tertiary/aromatic N) is 3. The smallest absolute Gasteiger partial charge is 0.416 e. The van der Waals surface area contributed by atoms with Crippen molar-refractivity contribution in [1.82, 2.24) is 24.9 Å². The highest BCUT2D eigenvalue weighted by atomic mass is 35.5. The summed E-state index contributed by atoms with van der Waals surface area (Å²) in [6.45, 7) is 9.24. The Labute approximate surface area is 340 Å². The molecule has 0 unspecified atom stereocenters. The van der Waals surface area contributed by atoms with Crippen molar-refractivity contribution in [2.75, 3.05) is 19.0 Å². The highest BCUT2D eigenvalue weighted by Crippen LogP contribution is 2.46. The number of carbonyl (C=O) groups excluding carboxylic acids is 3. The van der Waals surface area contributed by atoms with Crippen molar-refractivity contribution in [3.8, 4) is 22.9 Å². The normalized spacial score (nSPS) is 22.2. The fourth-order valence-corrected chi connectivity index (χ4v) is 9.25. The number of halogens is 4. The molecule has 2 aromatic carbocycles. The van der Waals surface area contributed by atoms with Gasteiger partial charge in [0.2, 0.25) is 27.7 Å². The van der Waals surface area contributed by atoms with E-state index in [1.807, 2.05) is 0 Å². The molecular weight excluding hydrogens is 821 g/mol. The average molecular weight is 859 g/mol. The standard InChI is InChI=1S/C39H38ClF3N6O7S2/c1-5-22-16-38(22,36(52)48-58(53,54)26-11-12-26)47-33(50)30-15-25(56-34-28-14-24(40)10-13-27(28)31(55-4)17-44-34)18-49(30)35(51)32(20(2)3)46-37-45-29(19-57-37)21-6-8-23(9-7-21)39(41,42)43/h5-10,13-14,17,19,22,25-26,30,32H,1-2,11-12,15-16,18H2,3-4H3,(H,45,46)(H,47,50)(H,48,52)/t22-,25-,30+,32+,38-/m1/s1. The summed E-state index contributed by atoms with van der Waals surface area (Å²) in [4.78, 5) is 52.7. The Bertz CT molecular complexity index is 2430. The predicted molar refractivity (Wildman–Crippen MR) is 212 cm³/mol. The van der Waals surface area contributed by atoms with Gasteiger partial charge in [0.05, 0.1) is 36.4 Å². The molecular formula is C39H38ClF3N6O7S2. The summed E-state index contributed by atoms with van der Waals surface area (Å²) in [6, 6.07) is 7.24. The Balaban J connectivity index is 1.16. The number of hydrogen-bond acceptors (Lipinski definition) is 11. The minimum absolute atomic E-state index is 0.0532. The molecule has 2 aromatic heterocycles. The van der Waals surface area contributed by atoms with E-state index in [1.54, 1.807) is 30.5 Å². The SMILES string of the molecule is C=C[C@@H]1C[C@]1(NC(=O)[C@@H]1C[C@@H](Oc2ncc(OC)c3ccc(Cl)cc23)CN1C(=O)[C@@H](Nc1nc(-c2ccc(C(F)(F)F)cc2)cs1)C(=C)C)C(=O)NS(=O)(=O)C1CC1. The minimum Gasteiger partial charge on any atom is -0.494 e. The molecule has 2 saturated carbocycles. The first kappa shape index (κ1) is 41.0. The zero-order chi connectivity index (χ0) is 41.7. The molecule has 19 heteroatoms. The molecule has 7 rings (SSSR count). The Hall–Kier alpha value is -5.20. The van der Waals surface area contributed by atoms with Gasteiger partial charge < -0.3 is 25.0 Å². The maximum absolute atomic E-state index is 14.6. The molecule has 58 heavy (non-hydrogen) atoms. The Kier molecular flexibility index (Phi) is 11.0. The summed E-state index contributed by atoms with van der Waals surface area (Å²) in [7, 11) is -2.45. The highest BCUT2D eigenvalue weighted by Gasteiger charge is 2.62. The van der Waals surface area contributed by atoms with E-state index in [4.69, 9.17) is 21.1 Å². The number of rotatable bonds is 14. The van der Waals surface area contributed by atoms with Crippen molar-refractivity contribution in [3.63, 3.8) is 0 Å². The number of ether oxygens (including phenoxy) is 2. The van der Waals surface area contributed by atoms with Crippen LogP contribution >= 0.6 is 22.9 Å². The van der Waals surface area contributed by atoms with Gasteiger partial charge in [0.1, 0.15) is 29.5 Å². The zero-order valence-electron chi connectivity index (χ0n) is 31.1. The lowest BCUT2D eigenvalue weighted by atomic mass is 10.1. The first-order chi connectivity index (χ1) is 27.4. The molecule has 0 bridgehead atoms. The third-order valence-electron chi connectivity index (χ3n) is 10.4. The third-order valence-corrected chi connectivity index (χ3v) is 13.2. The maximum atomic E-state index is 14.6. The van der Waals surface area contributed by atoms with Gasteiger partial charge in [0, 0.05) is 39.1 Å². The van der Waals surface area contributed by atoms with Crippen LogP contribution in [-0.4, -0.2) is 83.6 Å². The van der Waals surface area contributed by atoms with E-state index in [0.717, 1.165) is 23.5 Å². The summed E-state index contributed by atoms with van der Waals surface area (Å²) in [5, 5.41) is 8.60. The number of alkyl halides is 3. The first-order valence-corrected chi connectivity index (χ1v) is 20.9. The average Bonchev–Trinajstić information content (AvgIpc) is 4.07. The van der Waals surface area contributed by atoms with Crippen molar-refractivity contribution in [1.29, 1.82) is 0 Å². The summed E-state index contributed by atoms with van der Waals surface area (Å²) in [5.74, 6) is -2.14. The number of hydrogen-bond donors (Lipinski definition) is 3. The molecule has 1 aliphatic heterocycles. The molecule has 2 aliphatic carbocycles. The van der Waals surface area contributed by atoms with E-state index in [-0.39, 0.29) is 30.4 Å². The monoisotopic (exact) mass is 858 g/mol. The molecule has 3 fully saturated rings. The molecule has 3 heterocycles. The van der Waals surface area contributed by atoms with Crippen LogP contribution in [0.4, 0.5) is 18.3 Å². The van der Waals surface area contributed by atoms with E-state index < -0.39 is 74.4 Å². The van der Waals surface area contributed by atoms with Gasteiger partial charge in [-0.1, -0.05) is 36.4 Å². The van der Waals surface area contributed by atoms with Gasteiger partial charge in [0.15, 0.2) is 5.13 Å².